The van der Waals surface area contributed by atoms with Gasteiger partial charge in [-0.1, -0.05) is 26.0 Å². The molecule has 4 nitrogen and oxygen atoms in total. The van der Waals surface area contributed by atoms with Crippen LogP contribution in [0.3, 0.4) is 0 Å². The summed E-state index contributed by atoms with van der Waals surface area (Å²) < 4.78 is 0. The minimum Gasteiger partial charge on any atom is -0.396 e. The number of aromatic nitrogens is 1. The molecule has 0 aromatic carbocycles. The van der Waals surface area contributed by atoms with Crippen LogP contribution in [0.15, 0.2) is 36.7 Å². The number of fused-ring (bicyclic) bond motifs is 1. The molecule has 1 aromatic rings. The third-order valence-corrected chi connectivity index (χ3v) is 9.17. The fourth-order valence-electron chi connectivity index (χ4n) is 7.18. The van der Waals surface area contributed by atoms with Crippen LogP contribution in [0, 0.1) is 34.5 Å². The lowest BCUT2D eigenvalue weighted by Crippen LogP contribution is -2.52. The summed E-state index contributed by atoms with van der Waals surface area (Å²) in [6.07, 6.45) is 10.8. The fraction of sp³-hybridized carbons (Fsp3) is 0.720. The number of allylic oxidation sites excluding steroid dienone is 1. The van der Waals surface area contributed by atoms with E-state index in [4.69, 9.17) is 0 Å². The van der Waals surface area contributed by atoms with Gasteiger partial charge in [-0.3, -0.25) is 4.98 Å². The van der Waals surface area contributed by atoms with Crippen molar-refractivity contribution < 1.29 is 10.2 Å². The number of nitrogens with one attached hydrogen (secondary N) is 1. The lowest BCUT2D eigenvalue weighted by Gasteiger charge is -2.56. The van der Waals surface area contributed by atoms with Crippen molar-refractivity contribution in [3.63, 3.8) is 0 Å². The summed E-state index contributed by atoms with van der Waals surface area (Å²) in [4.78, 5) is 4.21. The molecule has 29 heavy (non-hydrogen) atoms. The van der Waals surface area contributed by atoms with Gasteiger partial charge in [-0.25, -0.2) is 0 Å². The predicted octanol–water partition coefficient (Wildman–Crippen LogP) is 4.65. The number of nitrogens with zero attached hydrogens (tertiary/aromatic N) is 1. The molecule has 1 heterocycles. The highest BCUT2D eigenvalue weighted by Crippen LogP contribution is 2.63. The molecule has 7 unspecified atom stereocenters. The van der Waals surface area contributed by atoms with Gasteiger partial charge in [0.15, 0.2) is 0 Å². The zero-order valence-electron chi connectivity index (χ0n) is 18.1. The van der Waals surface area contributed by atoms with E-state index in [1.165, 1.54) is 18.4 Å². The average molecular weight is 399 g/mol. The normalized spacial score (nSPS) is 42.5. The van der Waals surface area contributed by atoms with E-state index in [1.807, 2.05) is 12.3 Å². The van der Waals surface area contributed by atoms with Gasteiger partial charge in [0, 0.05) is 25.5 Å². The summed E-state index contributed by atoms with van der Waals surface area (Å²) in [6.45, 7) is 10.3. The average Bonchev–Trinajstić information content (AvgIpc) is 3.03. The molecule has 160 valence electrons. The Kier molecular flexibility index (Phi) is 5.78. The van der Waals surface area contributed by atoms with Crippen LogP contribution in [-0.4, -0.2) is 34.5 Å². The van der Waals surface area contributed by atoms with Gasteiger partial charge in [-0.15, -0.1) is 0 Å². The molecule has 3 fully saturated rings. The summed E-state index contributed by atoms with van der Waals surface area (Å²) in [5.41, 5.74) is 2.78. The van der Waals surface area contributed by atoms with Crippen LogP contribution in [0.25, 0.3) is 0 Å². The van der Waals surface area contributed by atoms with Gasteiger partial charge in [-0.05, 0) is 91.6 Å². The molecule has 7 atom stereocenters. The van der Waals surface area contributed by atoms with Crippen molar-refractivity contribution in [2.24, 2.45) is 34.5 Å². The molecule has 3 aliphatic carbocycles. The number of hydrogen-bond donors (Lipinski definition) is 3. The van der Waals surface area contributed by atoms with Crippen molar-refractivity contribution in [2.75, 3.05) is 18.5 Å². The van der Waals surface area contributed by atoms with E-state index < -0.39 is 0 Å². The molecule has 0 amide bonds. The van der Waals surface area contributed by atoms with Gasteiger partial charge in [-0.2, -0.15) is 0 Å². The first kappa shape index (κ1) is 20.9. The van der Waals surface area contributed by atoms with E-state index in [1.54, 1.807) is 6.20 Å². The van der Waals surface area contributed by atoms with Gasteiger partial charge < -0.3 is 15.5 Å². The third kappa shape index (κ3) is 3.63. The smallest absolute Gasteiger partial charge is 0.0544 e. The van der Waals surface area contributed by atoms with Crippen LogP contribution in [-0.2, 0) is 0 Å². The molecule has 1 aromatic heterocycles. The largest absolute Gasteiger partial charge is 0.396 e. The van der Waals surface area contributed by atoms with Crippen molar-refractivity contribution in [3.05, 3.63) is 36.7 Å². The minimum atomic E-state index is -0.212. The molecule has 3 N–H and O–H groups in total. The standard InChI is InChI=1S/C25H38N2O2/c1-17-6-7-22-21(16-28)23(9-11-24(17,22)2)25(3)10-8-20(29)13-18(25)14-27-19-5-4-12-26-15-19/h4-5,12,15,18,20-23,27-29H,1,6-11,13-14,16H2,2-3H3. The monoisotopic (exact) mass is 398 g/mol. The number of aliphatic hydroxyl groups excluding tert-OH is 2. The molecule has 0 spiro atoms. The molecular weight excluding hydrogens is 360 g/mol. The first-order chi connectivity index (χ1) is 13.9. The van der Waals surface area contributed by atoms with Gasteiger partial charge >= 0.3 is 0 Å². The Labute approximate surface area is 175 Å². The molecule has 3 saturated carbocycles. The second-order valence-electron chi connectivity index (χ2n) is 10.4. The highest BCUT2D eigenvalue weighted by molar-refractivity contribution is 5.39. The summed E-state index contributed by atoms with van der Waals surface area (Å²) in [6, 6.07) is 4.00. The molecule has 4 heteroatoms. The minimum absolute atomic E-state index is 0.132. The Balaban J connectivity index is 1.57. The maximum Gasteiger partial charge on any atom is 0.0544 e. The molecule has 3 aliphatic rings. The van der Waals surface area contributed by atoms with E-state index in [0.717, 1.165) is 44.3 Å². The van der Waals surface area contributed by atoms with Crippen molar-refractivity contribution in [3.8, 4) is 0 Å². The van der Waals surface area contributed by atoms with Gasteiger partial charge in [0.1, 0.15) is 0 Å². The second-order valence-corrected chi connectivity index (χ2v) is 10.4. The summed E-state index contributed by atoms with van der Waals surface area (Å²) in [5, 5.41) is 24.5. The van der Waals surface area contributed by atoms with Crippen molar-refractivity contribution in [1.29, 1.82) is 0 Å². The Morgan fingerprint density at radius 1 is 1.21 bits per heavy atom. The quantitative estimate of drug-likeness (QED) is 0.632. The predicted molar refractivity (Wildman–Crippen MR) is 117 cm³/mol. The lowest BCUT2D eigenvalue weighted by atomic mass is 9.49. The van der Waals surface area contributed by atoms with Crippen molar-refractivity contribution >= 4 is 5.69 Å². The van der Waals surface area contributed by atoms with Crippen LogP contribution in [0.1, 0.15) is 58.8 Å². The van der Waals surface area contributed by atoms with Crippen LogP contribution in [0.4, 0.5) is 5.69 Å². The first-order valence-corrected chi connectivity index (χ1v) is 11.5. The van der Waals surface area contributed by atoms with Gasteiger partial charge in [0.25, 0.3) is 0 Å². The summed E-state index contributed by atoms with van der Waals surface area (Å²) >= 11 is 0. The Morgan fingerprint density at radius 3 is 2.76 bits per heavy atom. The van der Waals surface area contributed by atoms with Crippen molar-refractivity contribution in [1.82, 2.24) is 4.98 Å². The fourth-order valence-corrected chi connectivity index (χ4v) is 7.18. The summed E-state index contributed by atoms with van der Waals surface area (Å²) in [5.74, 6) is 1.78. The second kappa shape index (κ2) is 8.03. The topological polar surface area (TPSA) is 65.4 Å². The van der Waals surface area contributed by atoms with E-state index in [0.29, 0.717) is 23.7 Å². The summed E-state index contributed by atoms with van der Waals surface area (Å²) in [7, 11) is 0. The SMILES string of the molecule is C=C1CCC2C(CO)C(C3(C)CCC(O)CC3CNc3cccnc3)CCC12C. The van der Waals surface area contributed by atoms with Crippen molar-refractivity contribution in [2.45, 2.75) is 64.9 Å². The highest BCUT2D eigenvalue weighted by Gasteiger charge is 2.56. The first-order valence-electron chi connectivity index (χ1n) is 11.5. The molecule has 0 bridgehead atoms. The van der Waals surface area contributed by atoms with Gasteiger partial charge in [0.2, 0.25) is 0 Å². The number of hydrogen-bond acceptors (Lipinski definition) is 4. The van der Waals surface area contributed by atoms with Crippen LogP contribution < -0.4 is 5.32 Å². The zero-order valence-corrected chi connectivity index (χ0v) is 18.1. The number of aliphatic hydroxyl groups is 2. The lowest BCUT2D eigenvalue weighted by molar-refractivity contribution is -0.0904. The third-order valence-electron chi connectivity index (χ3n) is 9.17. The van der Waals surface area contributed by atoms with E-state index in [-0.39, 0.29) is 23.5 Å². The molecule has 0 saturated heterocycles. The molecule has 4 rings (SSSR count). The van der Waals surface area contributed by atoms with Crippen LogP contribution in [0.2, 0.25) is 0 Å². The zero-order chi connectivity index (χ0) is 20.6. The van der Waals surface area contributed by atoms with Gasteiger partial charge in [0.05, 0.1) is 11.8 Å². The van der Waals surface area contributed by atoms with Crippen LogP contribution in [0.5, 0.6) is 0 Å². The maximum absolute atomic E-state index is 10.5. The Bertz CT molecular complexity index is 723. The maximum atomic E-state index is 10.5. The molecular formula is C25H38N2O2. The number of anilines is 1. The Morgan fingerprint density at radius 2 is 2.03 bits per heavy atom. The molecule has 0 radical (unpaired) electrons. The van der Waals surface area contributed by atoms with E-state index in [2.05, 4.69) is 36.8 Å². The van der Waals surface area contributed by atoms with Crippen LogP contribution >= 0.6 is 0 Å². The van der Waals surface area contributed by atoms with E-state index in [9.17, 15) is 10.2 Å². The Hall–Kier alpha value is -1.39. The van der Waals surface area contributed by atoms with E-state index >= 15 is 0 Å². The highest BCUT2D eigenvalue weighted by atomic mass is 16.3. The molecule has 0 aliphatic heterocycles. The number of pyridine rings is 1. The number of rotatable bonds is 5.